The summed E-state index contributed by atoms with van der Waals surface area (Å²) in [6, 6.07) is 51.8. The van der Waals surface area contributed by atoms with Crippen LogP contribution in [0.5, 0.6) is 0 Å². The van der Waals surface area contributed by atoms with E-state index >= 15 is 0 Å². The SMILES string of the molecule is C1=CC2=CC(C3=CC4Sc5c(c6ccccc6c6c5sc5cc(-c7cc8ccccc8cc7-c7ccccc7)ccc56)C4C=C3)=C(c3ccccc3)CC2C=C1. The average Bonchev–Trinajstić information content (AvgIpc) is 3.85. The zero-order chi connectivity index (χ0) is 36.7. The molecule has 3 aliphatic carbocycles. The second-order valence-corrected chi connectivity index (χ2v) is 17.7. The molecule has 1 aliphatic heterocycles. The molecule has 2 heterocycles. The van der Waals surface area contributed by atoms with Crippen molar-refractivity contribution in [1.29, 1.82) is 0 Å². The summed E-state index contributed by atoms with van der Waals surface area (Å²) in [6.45, 7) is 0. The summed E-state index contributed by atoms with van der Waals surface area (Å²) in [5.41, 5.74) is 13.5. The monoisotopic (exact) mass is 748 g/mol. The Kier molecular flexibility index (Phi) is 7.40. The lowest BCUT2D eigenvalue weighted by atomic mass is 9.76. The van der Waals surface area contributed by atoms with Gasteiger partial charge in [-0.2, -0.15) is 0 Å². The third-order valence-corrected chi connectivity index (χ3v) is 15.0. The Morgan fingerprint density at radius 2 is 1.29 bits per heavy atom. The highest BCUT2D eigenvalue weighted by atomic mass is 32.2. The molecule has 7 aromatic carbocycles. The summed E-state index contributed by atoms with van der Waals surface area (Å²) in [7, 11) is 0. The van der Waals surface area contributed by atoms with Gasteiger partial charge in [-0.15, -0.1) is 23.1 Å². The van der Waals surface area contributed by atoms with E-state index < -0.39 is 0 Å². The Hall–Kier alpha value is -5.93. The van der Waals surface area contributed by atoms with Crippen molar-refractivity contribution in [3.8, 4) is 22.3 Å². The molecule has 0 saturated heterocycles. The fraction of sp³-hybridized carbons (Fsp3) is 0.0741. The number of hydrogen-bond acceptors (Lipinski definition) is 2. The molecule has 0 spiro atoms. The van der Waals surface area contributed by atoms with E-state index in [1.807, 2.05) is 11.3 Å². The number of allylic oxidation sites excluding steroid dienone is 11. The highest BCUT2D eigenvalue weighted by molar-refractivity contribution is 8.00. The number of rotatable bonds is 4. The lowest BCUT2D eigenvalue weighted by Gasteiger charge is -2.29. The molecule has 1 aromatic heterocycles. The van der Waals surface area contributed by atoms with E-state index in [0.29, 0.717) is 17.1 Å². The maximum Gasteiger partial charge on any atom is 0.0501 e. The molecule has 12 rings (SSSR count). The van der Waals surface area contributed by atoms with Crippen LogP contribution in [0.1, 0.15) is 23.5 Å². The normalized spacial score (nSPS) is 19.8. The molecule has 4 aliphatic rings. The molecule has 0 bridgehead atoms. The van der Waals surface area contributed by atoms with Gasteiger partial charge in [0.25, 0.3) is 0 Å². The number of hydrogen-bond donors (Lipinski definition) is 0. The predicted octanol–water partition coefficient (Wildman–Crippen LogP) is 15.3. The highest BCUT2D eigenvalue weighted by Crippen LogP contribution is 2.58. The van der Waals surface area contributed by atoms with Crippen LogP contribution in [-0.2, 0) is 0 Å². The summed E-state index contributed by atoms with van der Waals surface area (Å²) in [4.78, 5) is 1.47. The molecule has 0 N–H and O–H groups in total. The van der Waals surface area contributed by atoms with Gasteiger partial charge in [0.2, 0.25) is 0 Å². The van der Waals surface area contributed by atoms with E-state index in [0.717, 1.165) is 6.42 Å². The molecular formula is C54H36S2. The second kappa shape index (κ2) is 12.8. The third kappa shape index (κ3) is 5.06. The predicted molar refractivity (Wildman–Crippen MR) is 243 cm³/mol. The summed E-state index contributed by atoms with van der Waals surface area (Å²) in [5, 5.41) is 8.40. The van der Waals surface area contributed by atoms with Crippen molar-refractivity contribution in [2.24, 2.45) is 5.92 Å². The lowest BCUT2D eigenvalue weighted by Crippen LogP contribution is -2.14. The van der Waals surface area contributed by atoms with Gasteiger partial charge in [-0.1, -0.05) is 170 Å². The van der Waals surface area contributed by atoms with Crippen LogP contribution < -0.4 is 0 Å². The summed E-state index contributed by atoms with van der Waals surface area (Å²) in [6.07, 6.45) is 20.1. The van der Waals surface area contributed by atoms with Gasteiger partial charge >= 0.3 is 0 Å². The first-order valence-electron chi connectivity index (χ1n) is 19.7. The van der Waals surface area contributed by atoms with Crippen LogP contribution in [0, 0.1) is 5.92 Å². The fourth-order valence-corrected chi connectivity index (χ4v) is 12.6. The van der Waals surface area contributed by atoms with E-state index in [-0.39, 0.29) is 0 Å². The standard InChI is InChI=1S/C54H36S2/c1-3-13-33(14-4-1)45-27-35-17-7-9-19-37(35)29-47(45)39-23-25-43-49(31-39)55-53-51(43)41-21-11-12-22-42(41)52-44-26-24-40(32-50(44)56-54(52)53)48-30-38-20-10-8-18-36(38)28-46(48)34-15-5-2-6-16-34/h1-27,29-32,36,44,50H,28H2. The quantitative estimate of drug-likeness (QED) is 0.173. The minimum Gasteiger partial charge on any atom is -0.134 e. The van der Waals surface area contributed by atoms with Crippen LogP contribution in [0.3, 0.4) is 0 Å². The molecule has 264 valence electrons. The smallest absolute Gasteiger partial charge is 0.0501 e. The molecule has 0 nitrogen and oxygen atoms in total. The fourth-order valence-electron chi connectivity index (χ4n) is 9.69. The Morgan fingerprint density at radius 3 is 2.09 bits per heavy atom. The first kappa shape index (κ1) is 32.3. The summed E-state index contributed by atoms with van der Waals surface area (Å²) >= 11 is 4.07. The third-order valence-electron chi connectivity index (χ3n) is 12.3. The van der Waals surface area contributed by atoms with Crippen molar-refractivity contribution in [1.82, 2.24) is 0 Å². The molecule has 3 unspecified atom stereocenters. The number of benzene rings is 7. The van der Waals surface area contributed by atoms with Crippen molar-refractivity contribution >= 4 is 70.4 Å². The molecule has 8 aromatic rings. The largest absolute Gasteiger partial charge is 0.134 e. The minimum atomic E-state index is 0.335. The van der Waals surface area contributed by atoms with Crippen LogP contribution in [0.25, 0.3) is 69.5 Å². The Labute approximate surface area is 335 Å². The first-order chi connectivity index (χ1) is 27.7. The summed E-state index contributed by atoms with van der Waals surface area (Å²) in [5.74, 6) is 0.770. The van der Waals surface area contributed by atoms with Gasteiger partial charge in [-0.3, -0.25) is 0 Å². The molecular weight excluding hydrogens is 713 g/mol. The molecule has 0 amide bonds. The molecule has 56 heavy (non-hydrogen) atoms. The van der Waals surface area contributed by atoms with E-state index in [9.17, 15) is 0 Å². The average molecular weight is 749 g/mol. The second-order valence-electron chi connectivity index (χ2n) is 15.5. The van der Waals surface area contributed by atoms with E-state index in [4.69, 9.17) is 0 Å². The van der Waals surface area contributed by atoms with Crippen LogP contribution in [0.4, 0.5) is 0 Å². The number of fused-ring (bicyclic) bond motifs is 12. The van der Waals surface area contributed by atoms with Crippen molar-refractivity contribution in [3.05, 3.63) is 216 Å². The summed E-state index contributed by atoms with van der Waals surface area (Å²) < 4.78 is 2.78. The van der Waals surface area contributed by atoms with Gasteiger partial charge in [0.1, 0.15) is 0 Å². The zero-order valence-corrected chi connectivity index (χ0v) is 32.3. The number of thioether (sulfide) groups is 1. The maximum absolute atomic E-state index is 2.59. The van der Waals surface area contributed by atoms with E-state index in [1.54, 1.807) is 0 Å². The van der Waals surface area contributed by atoms with Crippen LogP contribution in [0.2, 0.25) is 0 Å². The molecule has 0 radical (unpaired) electrons. The molecule has 0 saturated carbocycles. The minimum absolute atomic E-state index is 0.335. The van der Waals surface area contributed by atoms with Crippen molar-refractivity contribution in [2.75, 3.05) is 0 Å². The van der Waals surface area contributed by atoms with Crippen LogP contribution in [-0.4, -0.2) is 5.25 Å². The molecule has 0 fully saturated rings. The van der Waals surface area contributed by atoms with E-state index in [2.05, 4.69) is 200 Å². The van der Waals surface area contributed by atoms with Gasteiger partial charge in [-0.05, 0) is 102 Å². The first-order valence-corrected chi connectivity index (χ1v) is 21.4. The highest BCUT2D eigenvalue weighted by Gasteiger charge is 2.37. The Morgan fingerprint density at radius 1 is 0.571 bits per heavy atom. The van der Waals surface area contributed by atoms with Gasteiger partial charge < -0.3 is 0 Å². The Bertz CT molecular complexity index is 3130. The maximum atomic E-state index is 2.59. The van der Waals surface area contributed by atoms with E-state index in [1.165, 1.54) is 102 Å². The lowest BCUT2D eigenvalue weighted by molar-refractivity contribution is 0.786. The Balaban J connectivity index is 1.01. The van der Waals surface area contributed by atoms with Crippen molar-refractivity contribution in [3.63, 3.8) is 0 Å². The van der Waals surface area contributed by atoms with Crippen molar-refractivity contribution < 1.29 is 0 Å². The van der Waals surface area contributed by atoms with Crippen molar-refractivity contribution in [2.45, 2.75) is 22.5 Å². The van der Waals surface area contributed by atoms with Gasteiger partial charge in [0.05, 0.1) is 4.70 Å². The number of thiophene rings is 1. The topological polar surface area (TPSA) is 0 Å². The van der Waals surface area contributed by atoms with Gasteiger partial charge in [-0.25, -0.2) is 0 Å². The van der Waals surface area contributed by atoms with Gasteiger partial charge in [0, 0.05) is 37.5 Å². The van der Waals surface area contributed by atoms with Crippen LogP contribution in [0.15, 0.2) is 210 Å². The molecule has 3 atom stereocenters. The van der Waals surface area contributed by atoms with Gasteiger partial charge in [0.15, 0.2) is 0 Å². The zero-order valence-electron chi connectivity index (χ0n) is 30.7. The van der Waals surface area contributed by atoms with Crippen LogP contribution >= 0.6 is 23.1 Å². The molecule has 2 heteroatoms.